The van der Waals surface area contributed by atoms with Gasteiger partial charge in [0.15, 0.2) is 4.96 Å². The van der Waals surface area contributed by atoms with Crippen molar-refractivity contribution in [2.24, 2.45) is 5.92 Å². The van der Waals surface area contributed by atoms with Gasteiger partial charge in [0, 0.05) is 23.2 Å². The van der Waals surface area contributed by atoms with Crippen molar-refractivity contribution >= 4 is 55.5 Å². The molecule has 1 aliphatic carbocycles. The van der Waals surface area contributed by atoms with Crippen LogP contribution < -0.4 is 10.6 Å². The summed E-state index contributed by atoms with van der Waals surface area (Å²) in [6.45, 7) is 1.95. The number of thiophene rings is 1. The number of carbonyl (C=O) groups excluding carboxylic acids is 2. The lowest BCUT2D eigenvalue weighted by molar-refractivity contribution is -0.117. The Morgan fingerprint density at radius 1 is 1.25 bits per heavy atom. The molecule has 0 radical (unpaired) electrons. The molecule has 1 unspecified atom stereocenters. The summed E-state index contributed by atoms with van der Waals surface area (Å²) >= 11 is 2.99. The predicted molar refractivity (Wildman–Crippen MR) is 112 cm³/mol. The number of hydrogen-bond acceptors (Lipinski definition) is 5. The van der Waals surface area contributed by atoms with Gasteiger partial charge in [-0.05, 0) is 43.5 Å². The Bertz CT molecular complexity index is 1180. The second kappa shape index (κ2) is 6.72. The molecular formula is C20H18N4O2S2. The maximum absolute atomic E-state index is 12.7. The molecule has 4 aromatic rings. The summed E-state index contributed by atoms with van der Waals surface area (Å²) in [6.07, 6.45) is 3.94. The van der Waals surface area contributed by atoms with Gasteiger partial charge in [-0.3, -0.25) is 14.0 Å². The first-order chi connectivity index (χ1) is 13.6. The monoisotopic (exact) mass is 410 g/mol. The van der Waals surface area contributed by atoms with Crippen LogP contribution in [0, 0.1) is 5.92 Å². The van der Waals surface area contributed by atoms with E-state index in [1.54, 1.807) is 11.3 Å². The first-order valence-corrected chi connectivity index (χ1v) is 10.8. The van der Waals surface area contributed by atoms with E-state index in [9.17, 15) is 9.59 Å². The van der Waals surface area contributed by atoms with Gasteiger partial charge in [0.05, 0.1) is 16.4 Å². The van der Waals surface area contributed by atoms with Crippen LogP contribution in [0.15, 0.2) is 41.9 Å². The third-order valence-corrected chi connectivity index (χ3v) is 6.71. The average molecular weight is 411 g/mol. The molecule has 5 rings (SSSR count). The summed E-state index contributed by atoms with van der Waals surface area (Å²) < 4.78 is 2.01. The van der Waals surface area contributed by atoms with E-state index in [4.69, 9.17) is 0 Å². The Morgan fingerprint density at radius 3 is 2.79 bits per heavy atom. The van der Waals surface area contributed by atoms with Gasteiger partial charge in [0.25, 0.3) is 5.91 Å². The van der Waals surface area contributed by atoms with Crippen molar-refractivity contribution in [3.8, 4) is 0 Å². The normalized spacial score (nSPS) is 15.0. The fraction of sp³-hybridized carbons (Fsp3) is 0.250. The minimum Gasteiger partial charge on any atom is -0.345 e. The van der Waals surface area contributed by atoms with Gasteiger partial charge in [-0.2, -0.15) is 0 Å². The summed E-state index contributed by atoms with van der Waals surface area (Å²) in [5.41, 5.74) is 2.75. The van der Waals surface area contributed by atoms with Crippen LogP contribution >= 0.6 is 22.7 Å². The van der Waals surface area contributed by atoms with Crippen molar-refractivity contribution in [2.45, 2.75) is 25.8 Å². The zero-order chi connectivity index (χ0) is 19.3. The predicted octanol–water partition coefficient (Wildman–Crippen LogP) is 4.45. The number of nitrogens with one attached hydrogen (secondary N) is 2. The van der Waals surface area contributed by atoms with Gasteiger partial charge in [-0.15, -0.1) is 22.7 Å². The number of imidazole rings is 1. The standard InChI is InChI=1S/C20H18N4O2S2/c1-11(12-4-6-14(7-5-12)22-17(25)13-2-3-13)21-18(26)16-10-15-19(28-16)23-20-24(15)8-9-27-20/h4-11,13H,2-3H2,1H3,(H,21,26)(H,22,25). The van der Waals surface area contributed by atoms with E-state index in [1.165, 1.54) is 11.3 Å². The highest BCUT2D eigenvalue weighted by molar-refractivity contribution is 7.21. The Hall–Kier alpha value is -2.71. The minimum atomic E-state index is -0.140. The number of aromatic nitrogens is 2. The highest BCUT2D eigenvalue weighted by Crippen LogP contribution is 2.31. The van der Waals surface area contributed by atoms with Crippen LogP contribution in [0.3, 0.4) is 0 Å². The first-order valence-electron chi connectivity index (χ1n) is 9.15. The van der Waals surface area contributed by atoms with Crippen LogP contribution in [0.1, 0.15) is 41.0 Å². The molecule has 1 aromatic carbocycles. The van der Waals surface area contributed by atoms with Crippen LogP contribution in [-0.4, -0.2) is 21.2 Å². The largest absolute Gasteiger partial charge is 0.345 e. The van der Waals surface area contributed by atoms with E-state index in [2.05, 4.69) is 15.6 Å². The van der Waals surface area contributed by atoms with Gasteiger partial charge in [0.1, 0.15) is 4.83 Å². The molecule has 0 aliphatic heterocycles. The molecule has 6 nitrogen and oxygen atoms in total. The molecule has 1 aliphatic rings. The second-order valence-electron chi connectivity index (χ2n) is 7.05. The SMILES string of the molecule is CC(NC(=O)c1cc2c(nc3sccn32)s1)c1ccc(NC(=O)C2CC2)cc1. The Morgan fingerprint density at radius 2 is 2.04 bits per heavy atom. The molecule has 0 bridgehead atoms. The first kappa shape index (κ1) is 17.4. The number of carbonyl (C=O) groups is 2. The molecule has 28 heavy (non-hydrogen) atoms. The van der Waals surface area contributed by atoms with Crippen molar-refractivity contribution in [1.82, 2.24) is 14.7 Å². The molecule has 2 N–H and O–H groups in total. The zero-order valence-electron chi connectivity index (χ0n) is 15.1. The molecule has 3 heterocycles. The topological polar surface area (TPSA) is 75.5 Å². The fourth-order valence-corrected chi connectivity index (χ4v) is 4.86. The van der Waals surface area contributed by atoms with Crippen LogP contribution in [-0.2, 0) is 4.79 Å². The number of fused-ring (bicyclic) bond motifs is 3. The molecule has 1 atom stereocenters. The van der Waals surface area contributed by atoms with E-state index in [-0.39, 0.29) is 23.8 Å². The highest BCUT2D eigenvalue weighted by atomic mass is 32.1. The minimum absolute atomic E-state index is 0.0944. The molecule has 8 heteroatoms. The summed E-state index contributed by atoms with van der Waals surface area (Å²) in [5.74, 6) is 0.169. The van der Waals surface area contributed by atoms with Gasteiger partial charge >= 0.3 is 0 Å². The molecule has 2 amide bonds. The molecule has 1 saturated carbocycles. The molecule has 0 spiro atoms. The lowest BCUT2D eigenvalue weighted by atomic mass is 10.1. The molecular weight excluding hydrogens is 392 g/mol. The van der Waals surface area contributed by atoms with Crippen LogP contribution in [0.25, 0.3) is 15.3 Å². The second-order valence-corrected chi connectivity index (χ2v) is 8.95. The number of benzene rings is 1. The number of thiazole rings is 1. The van der Waals surface area contributed by atoms with Gasteiger partial charge in [-0.25, -0.2) is 4.98 Å². The Kier molecular flexibility index (Phi) is 4.17. The van der Waals surface area contributed by atoms with Gasteiger partial charge in [0.2, 0.25) is 5.91 Å². The number of hydrogen-bond donors (Lipinski definition) is 2. The third kappa shape index (κ3) is 3.18. The van der Waals surface area contributed by atoms with E-state index in [0.29, 0.717) is 4.88 Å². The maximum Gasteiger partial charge on any atom is 0.261 e. The lowest BCUT2D eigenvalue weighted by Crippen LogP contribution is -2.25. The summed E-state index contributed by atoms with van der Waals surface area (Å²) in [7, 11) is 0. The van der Waals surface area contributed by atoms with E-state index < -0.39 is 0 Å². The number of nitrogens with zero attached hydrogens (tertiary/aromatic N) is 2. The smallest absolute Gasteiger partial charge is 0.261 e. The lowest BCUT2D eigenvalue weighted by Gasteiger charge is -2.14. The van der Waals surface area contributed by atoms with Crippen molar-refractivity contribution in [3.05, 3.63) is 52.3 Å². The van der Waals surface area contributed by atoms with E-state index in [0.717, 1.165) is 39.4 Å². The zero-order valence-corrected chi connectivity index (χ0v) is 16.8. The van der Waals surface area contributed by atoms with E-state index >= 15 is 0 Å². The summed E-state index contributed by atoms with van der Waals surface area (Å²) in [4.78, 5) is 31.5. The van der Waals surface area contributed by atoms with Crippen LogP contribution in [0.5, 0.6) is 0 Å². The molecule has 3 aromatic heterocycles. The van der Waals surface area contributed by atoms with Crippen molar-refractivity contribution < 1.29 is 9.59 Å². The van der Waals surface area contributed by atoms with Crippen LogP contribution in [0.4, 0.5) is 5.69 Å². The quantitative estimate of drug-likeness (QED) is 0.510. The maximum atomic E-state index is 12.7. The number of rotatable bonds is 5. The average Bonchev–Trinajstić information content (AvgIpc) is 3.17. The van der Waals surface area contributed by atoms with E-state index in [1.807, 2.05) is 53.2 Å². The third-order valence-electron chi connectivity index (χ3n) is 4.94. The van der Waals surface area contributed by atoms with Crippen molar-refractivity contribution in [3.63, 3.8) is 0 Å². The number of anilines is 1. The summed E-state index contributed by atoms with van der Waals surface area (Å²) in [5, 5.41) is 7.96. The van der Waals surface area contributed by atoms with Crippen molar-refractivity contribution in [1.29, 1.82) is 0 Å². The Labute approximate surface area is 169 Å². The highest BCUT2D eigenvalue weighted by Gasteiger charge is 2.29. The van der Waals surface area contributed by atoms with Gasteiger partial charge < -0.3 is 10.6 Å². The van der Waals surface area contributed by atoms with Crippen LogP contribution in [0.2, 0.25) is 0 Å². The van der Waals surface area contributed by atoms with Crippen molar-refractivity contribution in [2.75, 3.05) is 5.32 Å². The summed E-state index contributed by atoms with van der Waals surface area (Å²) in [6, 6.07) is 9.39. The number of amides is 2. The molecule has 142 valence electrons. The molecule has 1 fully saturated rings. The fourth-order valence-electron chi connectivity index (χ4n) is 3.16. The Balaban J connectivity index is 1.27. The van der Waals surface area contributed by atoms with Gasteiger partial charge in [-0.1, -0.05) is 12.1 Å². The molecule has 0 saturated heterocycles.